The SMILES string of the molecule is COc1ccc(Cn2nc3c(c(C(F)(F)F)c2=O)CCC3CC(=O)O)cc1. The number of benzene rings is 1. The predicted octanol–water partition coefficient (Wildman–Crippen LogP) is 2.82. The van der Waals surface area contributed by atoms with Crippen molar-refractivity contribution in [1.82, 2.24) is 9.78 Å². The first-order chi connectivity index (χ1) is 12.7. The van der Waals surface area contributed by atoms with Gasteiger partial charge in [-0.25, -0.2) is 4.68 Å². The van der Waals surface area contributed by atoms with Crippen LogP contribution in [0.5, 0.6) is 5.75 Å². The molecule has 1 aromatic heterocycles. The Balaban J connectivity index is 2.08. The van der Waals surface area contributed by atoms with Gasteiger partial charge in [-0.3, -0.25) is 9.59 Å². The Hall–Kier alpha value is -2.84. The van der Waals surface area contributed by atoms with Gasteiger partial charge in [0.2, 0.25) is 0 Å². The minimum atomic E-state index is -4.83. The maximum absolute atomic E-state index is 13.5. The lowest BCUT2D eigenvalue weighted by atomic mass is 10.0. The van der Waals surface area contributed by atoms with Gasteiger partial charge in [-0.2, -0.15) is 18.3 Å². The van der Waals surface area contributed by atoms with Crippen molar-refractivity contribution in [1.29, 1.82) is 0 Å². The molecule has 6 nitrogen and oxygen atoms in total. The van der Waals surface area contributed by atoms with Crippen molar-refractivity contribution in [3.63, 3.8) is 0 Å². The van der Waals surface area contributed by atoms with Gasteiger partial charge >= 0.3 is 12.1 Å². The molecule has 1 heterocycles. The van der Waals surface area contributed by atoms with Crippen molar-refractivity contribution >= 4 is 5.97 Å². The Kier molecular flexibility index (Phi) is 4.95. The number of methoxy groups -OCH3 is 1. The van der Waals surface area contributed by atoms with Gasteiger partial charge in [0.15, 0.2) is 0 Å². The summed E-state index contributed by atoms with van der Waals surface area (Å²) in [5, 5.41) is 13.1. The number of halogens is 3. The van der Waals surface area contributed by atoms with Gasteiger partial charge in [0.05, 0.1) is 25.8 Å². The molecule has 1 unspecified atom stereocenters. The van der Waals surface area contributed by atoms with Crippen LogP contribution in [0.15, 0.2) is 29.1 Å². The fraction of sp³-hybridized carbons (Fsp3) is 0.389. The molecular formula is C18H17F3N2O4. The number of aromatic nitrogens is 2. The molecule has 0 radical (unpaired) electrons. The van der Waals surface area contributed by atoms with Crippen LogP contribution in [0, 0.1) is 0 Å². The quantitative estimate of drug-likeness (QED) is 0.860. The largest absolute Gasteiger partial charge is 0.497 e. The second-order valence-corrected chi connectivity index (χ2v) is 6.38. The van der Waals surface area contributed by atoms with E-state index in [4.69, 9.17) is 9.84 Å². The fourth-order valence-corrected chi connectivity index (χ4v) is 3.37. The van der Waals surface area contributed by atoms with E-state index in [9.17, 15) is 22.8 Å². The van der Waals surface area contributed by atoms with Crippen molar-refractivity contribution in [3.05, 3.63) is 57.0 Å². The number of nitrogens with zero attached hydrogens (tertiary/aromatic N) is 2. The van der Waals surface area contributed by atoms with Crippen molar-refractivity contribution in [2.45, 2.75) is 37.9 Å². The normalized spacial score (nSPS) is 16.2. The third-order valence-electron chi connectivity index (χ3n) is 4.61. The zero-order valence-corrected chi connectivity index (χ0v) is 14.4. The van der Waals surface area contributed by atoms with Crippen LogP contribution in [0.3, 0.4) is 0 Å². The molecular weight excluding hydrogens is 365 g/mol. The van der Waals surface area contributed by atoms with Gasteiger partial charge in [-0.15, -0.1) is 0 Å². The van der Waals surface area contributed by atoms with Gasteiger partial charge < -0.3 is 9.84 Å². The number of ether oxygens (including phenoxy) is 1. The molecule has 144 valence electrons. The number of carboxylic acids is 1. The van der Waals surface area contributed by atoms with Crippen molar-refractivity contribution in [2.75, 3.05) is 7.11 Å². The van der Waals surface area contributed by atoms with E-state index < -0.39 is 29.2 Å². The number of carbonyl (C=O) groups is 1. The number of carboxylic acid groups (broad SMARTS) is 1. The molecule has 9 heteroatoms. The van der Waals surface area contributed by atoms with Crippen LogP contribution in [0.2, 0.25) is 0 Å². The van der Waals surface area contributed by atoms with Crippen molar-refractivity contribution in [3.8, 4) is 5.75 Å². The maximum Gasteiger partial charge on any atom is 0.422 e. The maximum atomic E-state index is 13.5. The number of hydrogen-bond acceptors (Lipinski definition) is 4. The Bertz CT molecular complexity index is 920. The summed E-state index contributed by atoms with van der Waals surface area (Å²) in [6.07, 6.45) is -4.93. The first-order valence-electron chi connectivity index (χ1n) is 8.26. The zero-order valence-electron chi connectivity index (χ0n) is 14.4. The smallest absolute Gasteiger partial charge is 0.422 e. The minimum Gasteiger partial charge on any atom is -0.497 e. The molecule has 1 N–H and O–H groups in total. The molecule has 0 spiro atoms. The molecule has 0 saturated heterocycles. The third-order valence-corrected chi connectivity index (χ3v) is 4.61. The van der Waals surface area contributed by atoms with Crippen LogP contribution >= 0.6 is 0 Å². The van der Waals surface area contributed by atoms with Gasteiger partial charge in [-0.05, 0) is 36.1 Å². The predicted molar refractivity (Wildman–Crippen MR) is 88.9 cm³/mol. The Labute approximate surface area is 152 Å². The summed E-state index contributed by atoms with van der Waals surface area (Å²) >= 11 is 0. The van der Waals surface area contributed by atoms with E-state index in [1.165, 1.54) is 7.11 Å². The summed E-state index contributed by atoms with van der Waals surface area (Å²) in [6.45, 7) is -0.154. The topological polar surface area (TPSA) is 81.4 Å². The average molecular weight is 382 g/mol. The Morgan fingerprint density at radius 1 is 1.33 bits per heavy atom. The molecule has 0 fully saturated rings. The average Bonchev–Trinajstić information content (AvgIpc) is 2.96. The molecule has 1 aliphatic rings. The molecule has 2 aromatic rings. The Morgan fingerprint density at radius 3 is 2.56 bits per heavy atom. The van der Waals surface area contributed by atoms with Gasteiger partial charge in [0.25, 0.3) is 5.56 Å². The highest BCUT2D eigenvalue weighted by molar-refractivity contribution is 5.68. The van der Waals surface area contributed by atoms with E-state index in [0.717, 1.165) is 4.68 Å². The van der Waals surface area contributed by atoms with Crippen LogP contribution in [0.25, 0.3) is 0 Å². The highest BCUT2D eigenvalue weighted by Crippen LogP contribution is 2.39. The third kappa shape index (κ3) is 3.81. The minimum absolute atomic E-state index is 0.00621. The second-order valence-electron chi connectivity index (χ2n) is 6.38. The number of hydrogen-bond donors (Lipinski definition) is 1. The van der Waals surface area contributed by atoms with E-state index >= 15 is 0 Å². The Morgan fingerprint density at radius 2 is 2.00 bits per heavy atom. The van der Waals surface area contributed by atoms with E-state index in [1.54, 1.807) is 24.3 Å². The number of rotatable bonds is 5. The number of fused-ring (bicyclic) bond motifs is 1. The standard InChI is InChI=1S/C18H17F3N2O4/c1-27-12-5-2-10(3-6-12)9-23-17(26)15(18(19,20)21)13-7-4-11(8-14(24)25)16(13)22-23/h2-3,5-6,11H,4,7-9H2,1H3,(H,24,25). The monoisotopic (exact) mass is 382 g/mol. The van der Waals surface area contributed by atoms with Crippen LogP contribution < -0.4 is 10.3 Å². The van der Waals surface area contributed by atoms with Crippen LogP contribution in [0.1, 0.15) is 41.1 Å². The summed E-state index contributed by atoms with van der Waals surface area (Å²) < 4.78 is 46.4. The lowest BCUT2D eigenvalue weighted by Gasteiger charge is -2.16. The molecule has 0 bridgehead atoms. The molecule has 1 aromatic carbocycles. The molecule has 27 heavy (non-hydrogen) atoms. The fourth-order valence-electron chi connectivity index (χ4n) is 3.37. The van der Waals surface area contributed by atoms with E-state index in [2.05, 4.69) is 5.10 Å². The highest BCUT2D eigenvalue weighted by atomic mass is 19.4. The number of aliphatic carboxylic acids is 1. The zero-order chi connectivity index (χ0) is 19.8. The van der Waals surface area contributed by atoms with E-state index in [0.29, 0.717) is 11.3 Å². The lowest BCUT2D eigenvalue weighted by molar-refractivity contribution is -0.139. The molecule has 0 saturated carbocycles. The van der Waals surface area contributed by atoms with Crippen LogP contribution in [0.4, 0.5) is 13.2 Å². The van der Waals surface area contributed by atoms with Crippen LogP contribution in [-0.2, 0) is 23.9 Å². The molecule has 1 atom stereocenters. The summed E-state index contributed by atoms with van der Waals surface area (Å²) in [4.78, 5) is 23.5. The van der Waals surface area contributed by atoms with Gasteiger partial charge in [-0.1, -0.05) is 12.1 Å². The summed E-state index contributed by atoms with van der Waals surface area (Å²) in [5.41, 5.74) is -2.00. The summed E-state index contributed by atoms with van der Waals surface area (Å²) in [6, 6.07) is 6.52. The first kappa shape index (κ1) is 18.9. The van der Waals surface area contributed by atoms with Crippen LogP contribution in [-0.4, -0.2) is 28.0 Å². The van der Waals surface area contributed by atoms with Gasteiger partial charge in [0.1, 0.15) is 11.3 Å². The summed E-state index contributed by atoms with van der Waals surface area (Å²) in [7, 11) is 1.49. The number of alkyl halides is 3. The lowest BCUT2D eigenvalue weighted by Crippen LogP contribution is -2.33. The second kappa shape index (κ2) is 7.05. The van der Waals surface area contributed by atoms with Crippen molar-refractivity contribution in [2.24, 2.45) is 0 Å². The summed E-state index contributed by atoms with van der Waals surface area (Å²) in [5.74, 6) is -1.18. The van der Waals surface area contributed by atoms with Crippen molar-refractivity contribution < 1.29 is 27.8 Å². The highest BCUT2D eigenvalue weighted by Gasteiger charge is 2.42. The molecule has 0 aliphatic heterocycles. The molecule has 1 aliphatic carbocycles. The van der Waals surface area contributed by atoms with Gasteiger partial charge in [0, 0.05) is 5.92 Å². The molecule has 3 rings (SSSR count). The first-order valence-corrected chi connectivity index (χ1v) is 8.26. The van der Waals surface area contributed by atoms with E-state index in [1.807, 2.05) is 0 Å². The van der Waals surface area contributed by atoms with E-state index in [-0.39, 0.29) is 37.1 Å². The molecule has 0 amide bonds.